The van der Waals surface area contributed by atoms with Crippen LogP contribution in [0.3, 0.4) is 0 Å². The molecule has 0 fully saturated rings. The maximum atomic E-state index is 11.3. The molecule has 2 amide bonds. The van der Waals surface area contributed by atoms with E-state index < -0.39 is 6.04 Å². The van der Waals surface area contributed by atoms with Gasteiger partial charge in [0.2, 0.25) is 11.8 Å². The summed E-state index contributed by atoms with van der Waals surface area (Å²) in [6, 6.07) is -0.531. The van der Waals surface area contributed by atoms with Gasteiger partial charge >= 0.3 is 0 Å². The molecule has 0 bridgehead atoms. The number of ether oxygens (including phenoxy) is 1. The molecule has 0 aliphatic carbocycles. The summed E-state index contributed by atoms with van der Waals surface area (Å²) in [5, 5.41) is 5.07. The fraction of sp³-hybridized carbons (Fsp3) is 0.800. The zero-order valence-electron chi connectivity index (χ0n) is 10.3. The first-order chi connectivity index (χ1) is 7.61. The topological polar surface area (TPSA) is 93.5 Å². The number of amides is 2. The number of carbonyl (C=O) groups excluding carboxylic acids is 2. The van der Waals surface area contributed by atoms with Crippen LogP contribution in [0.1, 0.15) is 19.8 Å². The van der Waals surface area contributed by atoms with Crippen LogP contribution in [0.25, 0.3) is 0 Å². The quantitative estimate of drug-likeness (QED) is 0.513. The first kappa shape index (κ1) is 18.5. The predicted octanol–water partition coefficient (Wildman–Crippen LogP) is -0.586. The monoisotopic (exact) mass is 267 g/mol. The lowest BCUT2D eigenvalue weighted by Crippen LogP contribution is -2.45. The van der Waals surface area contributed by atoms with Crippen molar-refractivity contribution >= 4 is 24.2 Å². The zero-order chi connectivity index (χ0) is 12.4. The smallest absolute Gasteiger partial charge is 0.239 e. The van der Waals surface area contributed by atoms with Crippen LogP contribution in [0.5, 0.6) is 0 Å². The molecule has 4 N–H and O–H groups in total. The largest absolute Gasteiger partial charge is 0.383 e. The Morgan fingerprint density at radius 1 is 1.35 bits per heavy atom. The Kier molecular flexibility index (Phi) is 12.7. The van der Waals surface area contributed by atoms with E-state index in [4.69, 9.17) is 10.5 Å². The van der Waals surface area contributed by atoms with Gasteiger partial charge in [0, 0.05) is 13.7 Å². The van der Waals surface area contributed by atoms with Crippen molar-refractivity contribution in [2.75, 3.05) is 26.8 Å². The number of hydrogen-bond acceptors (Lipinski definition) is 4. The molecule has 1 unspecified atom stereocenters. The van der Waals surface area contributed by atoms with E-state index in [0.29, 0.717) is 19.6 Å². The summed E-state index contributed by atoms with van der Waals surface area (Å²) in [6.07, 6.45) is 1.46. The molecule has 0 saturated heterocycles. The molecular weight excluding hydrogens is 246 g/mol. The molecule has 0 spiro atoms. The third kappa shape index (κ3) is 10.0. The number of rotatable bonds is 8. The number of methoxy groups -OCH3 is 1. The van der Waals surface area contributed by atoms with E-state index in [9.17, 15) is 9.59 Å². The van der Waals surface area contributed by atoms with E-state index in [0.717, 1.165) is 6.42 Å². The molecule has 6 nitrogen and oxygen atoms in total. The van der Waals surface area contributed by atoms with Gasteiger partial charge in [-0.3, -0.25) is 9.59 Å². The van der Waals surface area contributed by atoms with E-state index in [-0.39, 0.29) is 30.8 Å². The summed E-state index contributed by atoms with van der Waals surface area (Å²) in [4.78, 5) is 22.5. The highest BCUT2D eigenvalue weighted by Crippen LogP contribution is 1.92. The second-order valence-electron chi connectivity index (χ2n) is 3.46. The minimum absolute atomic E-state index is 0. The van der Waals surface area contributed by atoms with E-state index in [2.05, 4.69) is 10.6 Å². The molecule has 0 heterocycles. The summed E-state index contributed by atoms with van der Waals surface area (Å²) in [5.41, 5.74) is 5.57. The molecule has 0 rings (SSSR count). The van der Waals surface area contributed by atoms with Gasteiger partial charge in [-0.15, -0.1) is 12.4 Å². The summed E-state index contributed by atoms with van der Waals surface area (Å²) in [5.74, 6) is -0.530. The Morgan fingerprint density at radius 2 is 2.00 bits per heavy atom. The van der Waals surface area contributed by atoms with Crippen LogP contribution < -0.4 is 16.4 Å². The first-order valence-corrected chi connectivity index (χ1v) is 5.40. The molecule has 0 aromatic carbocycles. The summed E-state index contributed by atoms with van der Waals surface area (Å²) < 4.78 is 4.77. The number of nitrogens with two attached hydrogens (primary N) is 1. The van der Waals surface area contributed by atoms with Gasteiger partial charge in [-0.1, -0.05) is 13.3 Å². The van der Waals surface area contributed by atoms with Crippen LogP contribution in [0.2, 0.25) is 0 Å². The van der Waals surface area contributed by atoms with Crippen LogP contribution >= 0.6 is 12.4 Å². The number of nitrogens with one attached hydrogen (secondary N) is 2. The standard InChI is InChI=1S/C10H21N3O3.ClH/c1-3-4-8(11)10(15)13-7-9(14)12-5-6-16-2;/h8H,3-7,11H2,1-2H3,(H,12,14)(H,13,15);1H. The molecule has 1 atom stereocenters. The minimum Gasteiger partial charge on any atom is -0.383 e. The lowest BCUT2D eigenvalue weighted by atomic mass is 10.2. The van der Waals surface area contributed by atoms with Crippen LogP contribution in [-0.4, -0.2) is 44.7 Å². The highest BCUT2D eigenvalue weighted by atomic mass is 35.5. The van der Waals surface area contributed by atoms with Crippen molar-refractivity contribution in [2.24, 2.45) is 5.73 Å². The average Bonchev–Trinajstić information content (AvgIpc) is 2.26. The van der Waals surface area contributed by atoms with Crippen LogP contribution in [0.15, 0.2) is 0 Å². The molecule has 102 valence electrons. The SMILES string of the molecule is CCCC(N)C(=O)NCC(=O)NCCOC.Cl. The number of hydrogen-bond donors (Lipinski definition) is 3. The normalized spacial score (nSPS) is 11.2. The molecule has 0 aliphatic rings. The van der Waals surface area contributed by atoms with Gasteiger partial charge in [-0.05, 0) is 6.42 Å². The fourth-order valence-corrected chi connectivity index (χ4v) is 1.10. The lowest BCUT2D eigenvalue weighted by molar-refractivity contribution is -0.127. The average molecular weight is 268 g/mol. The van der Waals surface area contributed by atoms with E-state index >= 15 is 0 Å². The van der Waals surface area contributed by atoms with Gasteiger partial charge in [0.05, 0.1) is 19.2 Å². The van der Waals surface area contributed by atoms with Crippen molar-refractivity contribution in [1.82, 2.24) is 10.6 Å². The van der Waals surface area contributed by atoms with Gasteiger partial charge in [0.1, 0.15) is 0 Å². The van der Waals surface area contributed by atoms with Gasteiger partial charge in [0.25, 0.3) is 0 Å². The molecule has 0 aromatic rings. The highest BCUT2D eigenvalue weighted by molar-refractivity contribution is 5.87. The lowest BCUT2D eigenvalue weighted by Gasteiger charge is -2.11. The van der Waals surface area contributed by atoms with Gasteiger partial charge in [-0.2, -0.15) is 0 Å². The molecule has 0 aromatic heterocycles. The first-order valence-electron chi connectivity index (χ1n) is 5.40. The third-order valence-corrected chi connectivity index (χ3v) is 1.99. The Hall–Kier alpha value is -0.850. The van der Waals surface area contributed by atoms with E-state index in [1.807, 2.05) is 6.92 Å². The van der Waals surface area contributed by atoms with Gasteiger partial charge in [0.15, 0.2) is 0 Å². The van der Waals surface area contributed by atoms with E-state index in [1.165, 1.54) is 0 Å². The fourth-order valence-electron chi connectivity index (χ4n) is 1.10. The van der Waals surface area contributed by atoms with Gasteiger partial charge in [-0.25, -0.2) is 0 Å². The molecule has 0 radical (unpaired) electrons. The van der Waals surface area contributed by atoms with Crippen molar-refractivity contribution in [3.63, 3.8) is 0 Å². The van der Waals surface area contributed by atoms with Crippen molar-refractivity contribution in [2.45, 2.75) is 25.8 Å². The maximum absolute atomic E-state index is 11.3. The van der Waals surface area contributed by atoms with Crippen molar-refractivity contribution in [3.05, 3.63) is 0 Å². The Labute approximate surface area is 108 Å². The van der Waals surface area contributed by atoms with Crippen LogP contribution in [0.4, 0.5) is 0 Å². The zero-order valence-corrected chi connectivity index (χ0v) is 11.1. The number of halogens is 1. The maximum Gasteiger partial charge on any atom is 0.239 e. The van der Waals surface area contributed by atoms with Crippen molar-refractivity contribution < 1.29 is 14.3 Å². The molecule has 0 aliphatic heterocycles. The van der Waals surface area contributed by atoms with Crippen molar-refractivity contribution in [3.8, 4) is 0 Å². The molecular formula is C10H22ClN3O3. The Bertz CT molecular complexity index is 227. The summed E-state index contributed by atoms with van der Waals surface area (Å²) >= 11 is 0. The van der Waals surface area contributed by atoms with Crippen LogP contribution in [0, 0.1) is 0 Å². The van der Waals surface area contributed by atoms with Crippen molar-refractivity contribution in [1.29, 1.82) is 0 Å². The number of carbonyl (C=O) groups is 2. The van der Waals surface area contributed by atoms with E-state index in [1.54, 1.807) is 7.11 Å². The summed E-state index contributed by atoms with van der Waals surface area (Å²) in [7, 11) is 1.55. The predicted molar refractivity (Wildman–Crippen MR) is 68.0 cm³/mol. The Balaban J connectivity index is 0. The molecule has 7 heteroatoms. The third-order valence-electron chi connectivity index (χ3n) is 1.99. The second-order valence-corrected chi connectivity index (χ2v) is 3.46. The van der Waals surface area contributed by atoms with Gasteiger partial charge < -0.3 is 21.1 Å². The molecule has 0 saturated carbocycles. The Morgan fingerprint density at radius 3 is 2.53 bits per heavy atom. The molecule has 17 heavy (non-hydrogen) atoms. The minimum atomic E-state index is -0.531. The van der Waals surface area contributed by atoms with Crippen LogP contribution in [-0.2, 0) is 14.3 Å². The highest BCUT2D eigenvalue weighted by Gasteiger charge is 2.12. The second kappa shape index (κ2) is 11.6. The summed E-state index contributed by atoms with van der Waals surface area (Å²) in [6.45, 7) is 2.80.